The number of pyridine rings is 1. The number of hydrogen-bond donors (Lipinski definition) is 0. The Morgan fingerprint density at radius 2 is 2.10 bits per heavy atom. The molecule has 2 aromatic rings. The van der Waals surface area contributed by atoms with Crippen LogP contribution < -0.4 is 0 Å². The molecule has 0 bridgehead atoms. The average Bonchev–Trinajstić information content (AvgIpc) is 3.19. The third-order valence-corrected chi connectivity index (χ3v) is 6.20. The van der Waals surface area contributed by atoms with Crippen LogP contribution in [0.2, 0.25) is 0 Å². The van der Waals surface area contributed by atoms with Gasteiger partial charge in [-0.15, -0.1) is 0 Å². The molecule has 0 amide bonds. The van der Waals surface area contributed by atoms with Gasteiger partial charge in [0.25, 0.3) is 0 Å². The molecule has 110 valence electrons. The fraction of sp³-hybridized carbons (Fsp3) is 0.462. The van der Waals surface area contributed by atoms with Crippen LogP contribution in [-0.2, 0) is 10.0 Å². The van der Waals surface area contributed by atoms with E-state index in [1.165, 1.54) is 4.31 Å². The molecule has 0 spiro atoms. The highest BCUT2D eigenvalue weighted by molar-refractivity contribution is 7.90. The van der Waals surface area contributed by atoms with Gasteiger partial charge in [-0.1, -0.05) is 5.16 Å². The van der Waals surface area contributed by atoms with Crippen LogP contribution in [0.25, 0.3) is 11.4 Å². The van der Waals surface area contributed by atoms with Gasteiger partial charge in [-0.2, -0.15) is 9.29 Å². The van der Waals surface area contributed by atoms with Crippen LogP contribution in [0, 0.1) is 0 Å². The second-order valence-electron chi connectivity index (χ2n) is 5.46. The van der Waals surface area contributed by atoms with Crippen LogP contribution in [0.3, 0.4) is 0 Å². The molecule has 1 aliphatic heterocycles. The predicted molar refractivity (Wildman–Crippen MR) is 73.8 cm³/mol. The monoisotopic (exact) mass is 306 g/mol. The zero-order chi connectivity index (χ0) is 14.4. The Balaban J connectivity index is 1.46. The maximum Gasteiger partial charge on any atom is 0.232 e. The van der Waals surface area contributed by atoms with Crippen molar-refractivity contribution < 1.29 is 12.9 Å². The lowest BCUT2D eigenvalue weighted by Crippen LogP contribution is -2.49. The van der Waals surface area contributed by atoms with Crippen molar-refractivity contribution >= 4 is 10.0 Å². The second-order valence-corrected chi connectivity index (χ2v) is 7.67. The summed E-state index contributed by atoms with van der Waals surface area (Å²) < 4.78 is 30.8. The van der Waals surface area contributed by atoms with Crippen molar-refractivity contribution in [2.45, 2.75) is 24.0 Å². The first kappa shape index (κ1) is 12.9. The van der Waals surface area contributed by atoms with Gasteiger partial charge in [0.1, 0.15) is 0 Å². The maximum atomic E-state index is 12.0. The summed E-state index contributed by atoms with van der Waals surface area (Å²) in [6.45, 7) is 0.876. The van der Waals surface area contributed by atoms with E-state index in [1.54, 1.807) is 18.5 Å². The number of rotatable bonds is 4. The average molecular weight is 306 g/mol. The van der Waals surface area contributed by atoms with Crippen LogP contribution in [0.4, 0.5) is 0 Å². The summed E-state index contributed by atoms with van der Waals surface area (Å²) in [6.07, 6.45) is 4.92. The molecule has 21 heavy (non-hydrogen) atoms. The van der Waals surface area contributed by atoms with E-state index in [0.29, 0.717) is 24.8 Å². The van der Waals surface area contributed by atoms with Crippen molar-refractivity contribution in [3.8, 4) is 11.4 Å². The topological polar surface area (TPSA) is 89.2 Å². The van der Waals surface area contributed by atoms with Crippen molar-refractivity contribution in [3.05, 3.63) is 30.4 Å². The van der Waals surface area contributed by atoms with E-state index in [2.05, 4.69) is 15.1 Å². The Bertz CT molecular complexity index is 749. The first-order valence-electron chi connectivity index (χ1n) is 6.87. The maximum absolute atomic E-state index is 12.0. The van der Waals surface area contributed by atoms with Gasteiger partial charge in [0.05, 0.1) is 11.2 Å². The molecule has 2 fully saturated rings. The fourth-order valence-corrected chi connectivity index (χ4v) is 4.32. The van der Waals surface area contributed by atoms with Crippen molar-refractivity contribution in [1.29, 1.82) is 0 Å². The molecule has 0 atom stereocenters. The molecule has 1 aliphatic carbocycles. The molecule has 0 radical (unpaired) electrons. The minimum atomic E-state index is -3.08. The molecule has 0 unspecified atom stereocenters. The lowest BCUT2D eigenvalue weighted by Gasteiger charge is -2.35. The molecule has 0 N–H and O–H groups in total. The van der Waals surface area contributed by atoms with Gasteiger partial charge in [0.15, 0.2) is 0 Å². The minimum Gasteiger partial charge on any atom is -0.339 e. The number of nitrogens with zero attached hydrogens (tertiary/aromatic N) is 4. The van der Waals surface area contributed by atoms with Gasteiger partial charge in [-0.25, -0.2) is 8.42 Å². The summed E-state index contributed by atoms with van der Waals surface area (Å²) in [5, 5.41) is 3.77. The molecule has 2 aromatic heterocycles. The van der Waals surface area contributed by atoms with E-state index in [1.807, 2.05) is 6.07 Å². The number of aromatic nitrogens is 3. The highest BCUT2D eigenvalue weighted by atomic mass is 32.2. The minimum absolute atomic E-state index is 0.00329. The zero-order valence-corrected chi connectivity index (χ0v) is 12.0. The summed E-state index contributed by atoms with van der Waals surface area (Å²) in [4.78, 5) is 8.35. The van der Waals surface area contributed by atoms with E-state index < -0.39 is 10.0 Å². The summed E-state index contributed by atoms with van der Waals surface area (Å²) in [6, 6.07) is 3.66. The third kappa shape index (κ3) is 2.24. The standard InChI is InChI=1S/C13H14N4O3S/c18-21(19,11-3-4-11)17-7-10(8-17)13-15-12(16-20-13)9-2-1-5-14-6-9/h1-2,5-6,10-11H,3-4,7-8H2. The summed E-state index contributed by atoms with van der Waals surface area (Å²) >= 11 is 0. The molecule has 2 aliphatic rings. The Kier molecular flexibility index (Phi) is 2.83. The van der Waals surface area contributed by atoms with Gasteiger partial charge in [-0.3, -0.25) is 4.98 Å². The summed E-state index contributed by atoms with van der Waals surface area (Å²) in [7, 11) is -3.08. The van der Waals surface area contributed by atoms with E-state index >= 15 is 0 Å². The van der Waals surface area contributed by atoms with E-state index in [0.717, 1.165) is 18.4 Å². The Morgan fingerprint density at radius 1 is 1.29 bits per heavy atom. The molecule has 0 aromatic carbocycles. The van der Waals surface area contributed by atoms with Gasteiger partial charge in [0, 0.05) is 31.0 Å². The lowest BCUT2D eigenvalue weighted by molar-refractivity contribution is 0.216. The SMILES string of the molecule is O=S(=O)(C1CC1)N1CC(c2nc(-c3cccnc3)no2)C1. The van der Waals surface area contributed by atoms with Gasteiger partial charge in [0.2, 0.25) is 21.7 Å². The summed E-state index contributed by atoms with van der Waals surface area (Å²) in [5.74, 6) is 0.981. The first-order valence-corrected chi connectivity index (χ1v) is 8.38. The molecule has 4 rings (SSSR count). The van der Waals surface area contributed by atoms with Gasteiger partial charge >= 0.3 is 0 Å². The van der Waals surface area contributed by atoms with E-state index in [-0.39, 0.29) is 11.2 Å². The quantitative estimate of drug-likeness (QED) is 0.838. The van der Waals surface area contributed by atoms with Gasteiger partial charge in [-0.05, 0) is 25.0 Å². The molecule has 1 saturated heterocycles. The van der Waals surface area contributed by atoms with Gasteiger partial charge < -0.3 is 4.52 Å². The van der Waals surface area contributed by atoms with Crippen LogP contribution >= 0.6 is 0 Å². The van der Waals surface area contributed by atoms with E-state index in [4.69, 9.17) is 4.52 Å². The number of hydrogen-bond acceptors (Lipinski definition) is 6. The Labute approximate surface area is 122 Å². The van der Waals surface area contributed by atoms with Crippen LogP contribution in [0.5, 0.6) is 0 Å². The molecule has 3 heterocycles. The highest BCUT2D eigenvalue weighted by Gasteiger charge is 2.46. The Hall–Kier alpha value is -1.80. The van der Waals surface area contributed by atoms with Crippen molar-refractivity contribution in [2.24, 2.45) is 0 Å². The summed E-state index contributed by atoms with van der Waals surface area (Å²) in [5.41, 5.74) is 0.786. The number of sulfonamides is 1. The lowest BCUT2D eigenvalue weighted by atomic mass is 10.0. The smallest absolute Gasteiger partial charge is 0.232 e. The van der Waals surface area contributed by atoms with Crippen molar-refractivity contribution in [1.82, 2.24) is 19.4 Å². The van der Waals surface area contributed by atoms with Crippen molar-refractivity contribution in [2.75, 3.05) is 13.1 Å². The van der Waals surface area contributed by atoms with Crippen LogP contribution in [0.15, 0.2) is 29.0 Å². The highest BCUT2D eigenvalue weighted by Crippen LogP contribution is 2.37. The molecule has 1 saturated carbocycles. The second kappa shape index (κ2) is 4.60. The van der Waals surface area contributed by atoms with Crippen molar-refractivity contribution in [3.63, 3.8) is 0 Å². The molecular weight excluding hydrogens is 292 g/mol. The van der Waals surface area contributed by atoms with E-state index in [9.17, 15) is 8.42 Å². The molecule has 8 heteroatoms. The van der Waals surface area contributed by atoms with Crippen LogP contribution in [-0.4, -0.2) is 46.2 Å². The molecular formula is C13H14N4O3S. The zero-order valence-electron chi connectivity index (χ0n) is 11.2. The first-order chi connectivity index (χ1) is 10.1. The Morgan fingerprint density at radius 3 is 2.76 bits per heavy atom. The fourth-order valence-electron chi connectivity index (χ4n) is 2.39. The predicted octanol–water partition coefficient (Wildman–Crippen LogP) is 1.02. The largest absolute Gasteiger partial charge is 0.339 e. The normalized spacial score (nSPS) is 20.4. The van der Waals surface area contributed by atoms with Crippen LogP contribution in [0.1, 0.15) is 24.7 Å². The molecule has 7 nitrogen and oxygen atoms in total. The third-order valence-electron chi connectivity index (χ3n) is 3.86.